The molecule has 1 amide bonds. The molecule has 0 aliphatic heterocycles. The van der Waals surface area contributed by atoms with Gasteiger partial charge in [-0.15, -0.1) is 35.3 Å². The number of thiazole rings is 1. The normalized spacial score (nSPS) is 11.6. The Morgan fingerprint density at radius 2 is 2.04 bits per heavy atom. The van der Waals surface area contributed by atoms with E-state index in [-0.39, 0.29) is 47.2 Å². The van der Waals surface area contributed by atoms with Gasteiger partial charge in [-0.1, -0.05) is 0 Å². The maximum absolute atomic E-state index is 12.5. The second-order valence-corrected chi connectivity index (χ2v) is 5.92. The molecule has 0 atom stereocenters. The van der Waals surface area contributed by atoms with Crippen LogP contribution in [0.2, 0.25) is 0 Å². The zero-order valence-corrected chi connectivity index (χ0v) is 17.4. The highest BCUT2D eigenvalue weighted by Gasteiger charge is 2.33. The van der Waals surface area contributed by atoms with Crippen LogP contribution in [-0.2, 0) is 12.7 Å². The predicted molar refractivity (Wildman–Crippen MR) is 106 cm³/mol. The van der Waals surface area contributed by atoms with Gasteiger partial charge in [0.25, 0.3) is 5.91 Å². The lowest BCUT2D eigenvalue weighted by molar-refractivity contribution is -0.140. The molecule has 0 radical (unpaired) electrons. The first-order chi connectivity index (χ1) is 12.4. The Labute approximate surface area is 174 Å². The molecule has 0 fully saturated rings. The van der Waals surface area contributed by atoms with Crippen LogP contribution in [0.15, 0.2) is 33.2 Å². The molecule has 3 N–H and O–H groups in total. The van der Waals surface area contributed by atoms with E-state index in [0.29, 0.717) is 25.6 Å². The summed E-state index contributed by atoms with van der Waals surface area (Å²) in [6, 6.07) is 3.17. The molecule has 0 aliphatic rings. The van der Waals surface area contributed by atoms with E-state index in [1.807, 2.05) is 6.92 Å². The molecule has 0 bridgehead atoms. The average Bonchev–Trinajstić information content (AvgIpc) is 3.27. The lowest BCUT2D eigenvalue weighted by Crippen LogP contribution is -2.41. The van der Waals surface area contributed by atoms with Gasteiger partial charge >= 0.3 is 6.18 Å². The summed E-state index contributed by atoms with van der Waals surface area (Å²) in [5.74, 6) is 0.305. The van der Waals surface area contributed by atoms with E-state index >= 15 is 0 Å². The van der Waals surface area contributed by atoms with Gasteiger partial charge in [0.05, 0.1) is 12.8 Å². The number of amides is 1. The minimum absolute atomic E-state index is 0. The largest absolute Gasteiger partial charge is 0.459 e. The number of alkyl halides is 3. The number of carbonyl (C=O) groups excluding carboxylic acids is 1. The highest BCUT2D eigenvalue weighted by atomic mass is 127. The lowest BCUT2D eigenvalue weighted by atomic mass is 10.4. The number of aromatic nitrogens is 1. The highest BCUT2D eigenvalue weighted by Crippen LogP contribution is 2.30. The molecule has 0 saturated heterocycles. The van der Waals surface area contributed by atoms with Gasteiger partial charge in [-0.3, -0.25) is 4.79 Å². The Balaban J connectivity index is 0.00000364. The number of halogens is 4. The summed E-state index contributed by atoms with van der Waals surface area (Å²) in [5.41, 5.74) is -0.911. The molecule has 2 rings (SSSR count). The van der Waals surface area contributed by atoms with Crippen molar-refractivity contribution in [1.82, 2.24) is 20.9 Å². The first-order valence-electron chi connectivity index (χ1n) is 7.75. The molecule has 0 unspecified atom stereocenters. The van der Waals surface area contributed by atoms with Crippen molar-refractivity contribution in [3.8, 4) is 0 Å². The number of hydrogen-bond acceptors (Lipinski definition) is 5. The predicted octanol–water partition coefficient (Wildman–Crippen LogP) is 2.86. The van der Waals surface area contributed by atoms with E-state index in [9.17, 15) is 18.0 Å². The van der Waals surface area contributed by atoms with Crippen molar-refractivity contribution in [2.24, 2.45) is 4.99 Å². The molecular weight excluding hydrogens is 498 g/mol. The highest BCUT2D eigenvalue weighted by molar-refractivity contribution is 14.0. The summed E-state index contributed by atoms with van der Waals surface area (Å²) < 4.78 is 42.6. The number of carbonyl (C=O) groups is 1. The van der Waals surface area contributed by atoms with E-state index in [0.717, 1.165) is 16.7 Å². The molecule has 7 nitrogen and oxygen atoms in total. The molecule has 12 heteroatoms. The van der Waals surface area contributed by atoms with E-state index < -0.39 is 11.9 Å². The molecule has 150 valence electrons. The monoisotopic (exact) mass is 517 g/mol. The summed E-state index contributed by atoms with van der Waals surface area (Å²) in [4.78, 5) is 19.4. The van der Waals surface area contributed by atoms with Crippen LogP contribution >= 0.6 is 35.3 Å². The van der Waals surface area contributed by atoms with Crippen LogP contribution in [-0.4, -0.2) is 36.5 Å². The minimum Gasteiger partial charge on any atom is -0.459 e. The Morgan fingerprint density at radius 3 is 2.63 bits per heavy atom. The van der Waals surface area contributed by atoms with Crippen molar-refractivity contribution in [3.63, 3.8) is 0 Å². The number of aliphatic imine (C=N–C) groups is 1. The van der Waals surface area contributed by atoms with Gasteiger partial charge in [0, 0.05) is 25.0 Å². The van der Waals surface area contributed by atoms with Crippen LogP contribution in [0.5, 0.6) is 0 Å². The molecule has 2 aromatic rings. The van der Waals surface area contributed by atoms with Gasteiger partial charge in [-0.2, -0.15) is 13.2 Å². The standard InChI is InChI=1S/C15H18F3N5O2S.HI/c1-2-19-14(21-6-5-20-13(24)10-4-3-7-25-10)22-8-12-23-11(9-26-12)15(16,17)18;/h3-4,7,9H,2,5-6,8H2,1H3,(H,20,24)(H2,19,21,22);1H. The first-order valence-corrected chi connectivity index (χ1v) is 8.63. The smallest absolute Gasteiger partial charge is 0.434 e. The maximum atomic E-state index is 12.5. The van der Waals surface area contributed by atoms with Crippen LogP contribution < -0.4 is 16.0 Å². The van der Waals surface area contributed by atoms with E-state index in [1.54, 1.807) is 12.1 Å². The van der Waals surface area contributed by atoms with Crippen LogP contribution in [0.3, 0.4) is 0 Å². The Bertz CT molecular complexity index is 734. The van der Waals surface area contributed by atoms with E-state index in [4.69, 9.17) is 4.42 Å². The number of hydrogen-bond donors (Lipinski definition) is 3. The zero-order valence-electron chi connectivity index (χ0n) is 14.3. The SMILES string of the molecule is CCNC(=NCc1nc(C(F)(F)F)cs1)NCCNC(=O)c1ccco1.I. The quantitative estimate of drug-likeness (QED) is 0.228. The number of nitrogens with one attached hydrogen (secondary N) is 3. The summed E-state index contributed by atoms with van der Waals surface area (Å²) >= 11 is 0.906. The number of furan rings is 1. The molecule has 0 aliphatic carbocycles. The second kappa shape index (κ2) is 11.1. The summed E-state index contributed by atoms with van der Waals surface area (Å²) in [6.45, 7) is 3.16. The molecule has 27 heavy (non-hydrogen) atoms. The molecular formula is C15H19F3IN5O2S. The summed E-state index contributed by atoms with van der Waals surface area (Å²) in [5, 5.41) is 9.84. The van der Waals surface area contributed by atoms with Crippen LogP contribution in [0.1, 0.15) is 28.2 Å². The van der Waals surface area contributed by atoms with Crippen molar-refractivity contribution in [2.75, 3.05) is 19.6 Å². The van der Waals surface area contributed by atoms with Crippen LogP contribution in [0.25, 0.3) is 0 Å². The number of nitrogens with zero attached hydrogens (tertiary/aromatic N) is 2. The second-order valence-electron chi connectivity index (χ2n) is 4.98. The van der Waals surface area contributed by atoms with Gasteiger partial charge in [0.1, 0.15) is 5.01 Å². The Kier molecular flexibility index (Phi) is 9.55. The zero-order chi connectivity index (χ0) is 19.0. The fourth-order valence-electron chi connectivity index (χ4n) is 1.85. The van der Waals surface area contributed by atoms with Crippen molar-refractivity contribution in [2.45, 2.75) is 19.6 Å². The molecule has 0 spiro atoms. The fraction of sp³-hybridized carbons (Fsp3) is 0.400. The van der Waals surface area contributed by atoms with Crippen molar-refractivity contribution >= 4 is 47.2 Å². The Morgan fingerprint density at radius 1 is 1.30 bits per heavy atom. The third-order valence-corrected chi connectivity index (χ3v) is 3.84. The van der Waals surface area contributed by atoms with Crippen molar-refractivity contribution < 1.29 is 22.4 Å². The van der Waals surface area contributed by atoms with Gasteiger partial charge in [-0.25, -0.2) is 9.98 Å². The maximum Gasteiger partial charge on any atom is 0.434 e. The van der Waals surface area contributed by atoms with Gasteiger partial charge in [0.15, 0.2) is 17.4 Å². The molecule has 0 aromatic carbocycles. The summed E-state index contributed by atoms with van der Waals surface area (Å²) in [6.07, 6.45) is -3.04. The van der Waals surface area contributed by atoms with Gasteiger partial charge in [-0.05, 0) is 19.1 Å². The average molecular weight is 517 g/mol. The van der Waals surface area contributed by atoms with E-state index in [2.05, 4.69) is 25.9 Å². The van der Waals surface area contributed by atoms with Crippen molar-refractivity contribution in [1.29, 1.82) is 0 Å². The summed E-state index contributed by atoms with van der Waals surface area (Å²) in [7, 11) is 0. The van der Waals surface area contributed by atoms with Gasteiger partial charge < -0.3 is 20.4 Å². The minimum atomic E-state index is -4.45. The third-order valence-electron chi connectivity index (χ3n) is 3.01. The Hall–Kier alpha value is -1.83. The fourth-order valence-corrected chi connectivity index (χ4v) is 2.58. The van der Waals surface area contributed by atoms with E-state index in [1.165, 1.54) is 6.26 Å². The molecule has 2 aromatic heterocycles. The lowest BCUT2D eigenvalue weighted by Gasteiger charge is -2.11. The first kappa shape index (κ1) is 23.2. The van der Waals surface area contributed by atoms with Crippen LogP contribution in [0, 0.1) is 0 Å². The van der Waals surface area contributed by atoms with Gasteiger partial charge in [0.2, 0.25) is 0 Å². The van der Waals surface area contributed by atoms with Crippen LogP contribution in [0.4, 0.5) is 13.2 Å². The van der Waals surface area contributed by atoms with Crippen molar-refractivity contribution in [3.05, 3.63) is 40.2 Å². The third kappa shape index (κ3) is 7.74. The number of guanidine groups is 1. The molecule has 0 saturated carbocycles. The molecule has 2 heterocycles. The number of rotatable bonds is 7. The topological polar surface area (TPSA) is 91.5 Å².